The van der Waals surface area contributed by atoms with Crippen molar-refractivity contribution >= 4 is 5.71 Å². The SMILES string of the molecule is COc1ccc(CC2=NCCc3cc(OC)c(OCc4ccccc4)cc32)cc1OCc1ccccc1. The highest BCUT2D eigenvalue weighted by atomic mass is 16.5. The van der Waals surface area contributed by atoms with Gasteiger partial charge in [0.05, 0.1) is 14.2 Å². The molecule has 0 N–H and O–H groups in total. The van der Waals surface area contributed by atoms with Crippen LogP contribution in [0.2, 0.25) is 0 Å². The van der Waals surface area contributed by atoms with Crippen molar-refractivity contribution in [3.05, 3.63) is 119 Å². The molecule has 5 heteroatoms. The number of fused-ring (bicyclic) bond motifs is 1. The predicted molar refractivity (Wildman–Crippen MR) is 146 cm³/mol. The van der Waals surface area contributed by atoms with Crippen LogP contribution in [0.5, 0.6) is 23.0 Å². The lowest BCUT2D eigenvalue weighted by atomic mass is 9.93. The molecule has 0 aliphatic carbocycles. The van der Waals surface area contributed by atoms with Crippen LogP contribution in [0.15, 0.2) is 96.0 Å². The third-order valence-electron chi connectivity index (χ3n) is 6.46. The van der Waals surface area contributed by atoms with Crippen molar-refractivity contribution in [2.24, 2.45) is 4.99 Å². The smallest absolute Gasteiger partial charge is 0.162 e. The molecular formula is C32H31NO4. The first-order chi connectivity index (χ1) is 18.2. The Labute approximate surface area is 218 Å². The van der Waals surface area contributed by atoms with E-state index in [1.54, 1.807) is 14.2 Å². The first kappa shape index (κ1) is 24.4. The van der Waals surface area contributed by atoms with Crippen LogP contribution in [-0.2, 0) is 26.1 Å². The molecule has 0 saturated heterocycles. The molecule has 4 aromatic rings. The monoisotopic (exact) mass is 493 g/mol. The molecule has 0 amide bonds. The predicted octanol–water partition coefficient (Wildman–Crippen LogP) is 6.45. The Bertz CT molecular complexity index is 1370. The van der Waals surface area contributed by atoms with Gasteiger partial charge in [-0.1, -0.05) is 66.7 Å². The molecule has 0 saturated carbocycles. The number of hydrogen-bond acceptors (Lipinski definition) is 5. The molecule has 0 unspecified atom stereocenters. The molecular weight excluding hydrogens is 462 g/mol. The maximum absolute atomic E-state index is 6.19. The number of rotatable bonds is 10. The lowest BCUT2D eigenvalue weighted by molar-refractivity contribution is 0.284. The fourth-order valence-corrected chi connectivity index (χ4v) is 4.51. The number of hydrogen-bond donors (Lipinski definition) is 0. The second-order valence-corrected chi connectivity index (χ2v) is 8.95. The van der Waals surface area contributed by atoms with Crippen LogP contribution >= 0.6 is 0 Å². The van der Waals surface area contributed by atoms with Crippen molar-refractivity contribution in [2.75, 3.05) is 20.8 Å². The third-order valence-corrected chi connectivity index (χ3v) is 6.46. The van der Waals surface area contributed by atoms with Crippen LogP contribution in [0, 0.1) is 0 Å². The minimum atomic E-state index is 0.475. The Kier molecular flexibility index (Phi) is 7.70. The number of benzene rings is 4. The van der Waals surface area contributed by atoms with Crippen molar-refractivity contribution in [3.8, 4) is 23.0 Å². The average molecular weight is 494 g/mol. The summed E-state index contributed by atoms with van der Waals surface area (Å²) in [5, 5.41) is 0. The zero-order valence-corrected chi connectivity index (χ0v) is 21.3. The van der Waals surface area contributed by atoms with E-state index in [9.17, 15) is 0 Å². The summed E-state index contributed by atoms with van der Waals surface area (Å²) >= 11 is 0. The lowest BCUT2D eigenvalue weighted by Crippen LogP contribution is -2.16. The fourth-order valence-electron chi connectivity index (χ4n) is 4.51. The lowest BCUT2D eigenvalue weighted by Gasteiger charge is -2.21. The van der Waals surface area contributed by atoms with Crippen molar-refractivity contribution < 1.29 is 18.9 Å². The van der Waals surface area contributed by atoms with Gasteiger partial charge in [-0.25, -0.2) is 0 Å². The van der Waals surface area contributed by atoms with Crippen molar-refractivity contribution in [3.63, 3.8) is 0 Å². The Morgan fingerprint density at radius 1 is 0.622 bits per heavy atom. The second kappa shape index (κ2) is 11.7. The van der Waals surface area contributed by atoms with E-state index in [1.807, 2.05) is 42.5 Å². The maximum Gasteiger partial charge on any atom is 0.162 e. The van der Waals surface area contributed by atoms with Crippen LogP contribution in [0.4, 0.5) is 0 Å². The van der Waals surface area contributed by atoms with Crippen molar-refractivity contribution in [1.29, 1.82) is 0 Å². The first-order valence-electron chi connectivity index (χ1n) is 12.5. The van der Waals surface area contributed by atoms with Gasteiger partial charge in [-0.05, 0) is 52.9 Å². The molecule has 1 aliphatic rings. The molecule has 0 spiro atoms. The van der Waals surface area contributed by atoms with Crippen LogP contribution in [0.3, 0.4) is 0 Å². The molecule has 5 nitrogen and oxygen atoms in total. The quantitative estimate of drug-likeness (QED) is 0.255. The minimum absolute atomic E-state index is 0.475. The highest BCUT2D eigenvalue weighted by Gasteiger charge is 2.20. The van der Waals surface area contributed by atoms with E-state index in [1.165, 1.54) is 5.56 Å². The summed E-state index contributed by atoms with van der Waals surface area (Å²) in [6.45, 7) is 1.71. The van der Waals surface area contributed by atoms with Crippen molar-refractivity contribution in [2.45, 2.75) is 26.1 Å². The number of aliphatic imine (C=N–C) groups is 1. The summed E-state index contributed by atoms with van der Waals surface area (Å²) in [5.74, 6) is 2.91. The average Bonchev–Trinajstić information content (AvgIpc) is 2.96. The Balaban J connectivity index is 1.37. The molecule has 0 aromatic heterocycles. The van der Waals surface area contributed by atoms with Gasteiger partial charge in [0.25, 0.3) is 0 Å². The largest absolute Gasteiger partial charge is 0.493 e. The normalized spacial score (nSPS) is 12.3. The fraction of sp³-hybridized carbons (Fsp3) is 0.219. The molecule has 0 atom stereocenters. The zero-order chi connectivity index (χ0) is 25.5. The number of nitrogens with zero attached hydrogens (tertiary/aromatic N) is 1. The Hall–Kier alpha value is -4.25. The van der Waals surface area contributed by atoms with Crippen LogP contribution in [-0.4, -0.2) is 26.5 Å². The number of ether oxygens (including phenoxy) is 4. The molecule has 1 heterocycles. The highest BCUT2D eigenvalue weighted by Crippen LogP contribution is 2.35. The summed E-state index contributed by atoms with van der Waals surface area (Å²) in [4.78, 5) is 4.90. The molecule has 4 aromatic carbocycles. The molecule has 188 valence electrons. The van der Waals surface area contributed by atoms with Gasteiger partial charge in [-0.3, -0.25) is 4.99 Å². The van der Waals surface area contributed by atoms with Gasteiger partial charge in [-0.2, -0.15) is 0 Å². The summed E-state index contributed by atoms with van der Waals surface area (Å²) in [5.41, 5.74) is 6.70. The highest BCUT2D eigenvalue weighted by molar-refractivity contribution is 6.04. The standard InChI is InChI=1S/C32H31NO4/c1-34-29-14-13-25(18-31(29)36-21-23-9-5-3-6-10-23)17-28-27-20-32(37-22-24-11-7-4-8-12-24)30(35-2)19-26(27)15-16-33-28/h3-14,18-20H,15-17,21-22H2,1-2H3. The second-order valence-electron chi connectivity index (χ2n) is 8.95. The van der Waals surface area contributed by atoms with Gasteiger partial charge >= 0.3 is 0 Å². The van der Waals surface area contributed by atoms with E-state index in [4.69, 9.17) is 23.9 Å². The summed E-state index contributed by atoms with van der Waals surface area (Å²) in [6, 6.07) is 30.5. The van der Waals surface area contributed by atoms with E-state index in [0.29, 0.717) is 25.4 Å². The maximum atomic E-state index is 6.19. The van der Waals surface area contributed by atoms with Crippen LogP contribution in [0.25, 0.3) is 0 Å². The van der Waals surface area contributed by atoms with E-state index >= 15 is 0 Å². The molecule has 37 heavy (non-hydrogen) atoms. The Morgan fingerprint density at radius 2 is 1.24 bits per heavy atom. The molecule has 0 radical (unpaired) electrons. The van der Waals surface area contributed by atoms with E-state index in [2.05, 4.69) is 48.5 Å². The zero-order valence-electron chi connectivity index (χ0n) is 21.3. The first-order valence-corrected chi connectivity index (χ1v) is 12.5. The molecule has 0 fully saturated rings. The minimum Gasteiger partial charge on any atom is -0.493 e. The van der Waals surface area contributed by atoms with Crippen LogP contribution in [0.1, 0.15) is 27.8 Å². The van der Waals surface area contributed by atoms with E-state index < -0.39 is 0 Å². The molecule has 5 rings (SSSR count). The van der Waals surface area contributed by atoms with E-state index in [0.717, 1.165) is 58.2 Å². The van der Waals surface area contributed by atoms with Gasteiger partial charge in [0.15, 0.2) is 23.0 Å². The Morgan fingerprint density at radius 3 is 1.86 bits per heavy atom. The third kappa shape index (κ3) is 5.95. The number of methoxy groups -OCH3 is 2. The van der Waals surface area contributed by atoms with Gasteiger partial charge in [-0.15, -0.1) is 0 Å². The van der Waals surface area contributed by atoms with Gasteiger partial charge < -0.3 is 18.9 Å². The molecule has 0 bridgehead atoms. The summed E-state index contributed by atoms with van der Waals surface area (Å²) < 4.78 is 23.5. The van der Waals surface area contributed by atoms with Crippen molar-refractivity contribution in [1.82, 2.24) is 0 Å². The van der Waals surface area contributed by atoms with E-state index in [-0.39, 0.29) is 0 Å². The summed E-state index contributed by atoms with van der Waals surface area (Å²) in [6.07, 6.45) is 1.56. The topological polar surface area (TPSA) is 49.3 Å². The van der Waals surface area contributed by atoms with Gasteiger partial charge in [0, 0.05) is 24.2 Å². The van der Waals surface area contributed by atoms with Gasteiger partial charge in [0.2, 0.25) is 0 Å². The summed E-state index contributed by atoms with van der Waals surface area (Å²) in [7, 11) is 3.35. The van der Waals surface area contributed by atoms with Gasteiger partial charge in [0.1, 0.15) is 13.2 Å². The van der Waals surface area contributed by atoms with Crippen LogP contribution < -0.4 is 18.9 Å². The molecule has 1 aliphatic heterocycles.